The van der Waals surface area contributed by atoms with Crippen LogP contribution in [-0.4, -0.2) is 40.1 Å². The van der Waals surface area contributed by atoms with Crippen molar-refractivity contribution < 1.29 is 13.2 Å². The van der Waals surface area contributed by atoms with Crippen molar-refractivity contribution in [3.05, 3.63) is 70.1 Å². The molecule has 1 unspecified atom stereocenters. The molecule has 0 aliphatic carbocycles. The lowest BCUT2D eigenvalue weighted by atomic mass is 10.1. The first-order valence-corrected chi connectivity index (χ1v) is 11.2. The number of hydrogen-bond donors (Lipinski definition) is 1. The molecule has 1 aliphatic rings. The summed E-state index contributed by atoms with van der Waals surface area (Å²) in [6.07, 6.45) is 3.84. The zero-order chi connectivity index (χ0) is 20.0. The van der Waals surface area contributed by atoms with Gasteiger partial charge in [-0.15, -0.1) is 0 Å². The van der Waals surface area contributed by atoms with Gasteiger partial charge in [-0.3, -0.25) is 4.90 Å². The van der Waals surface area contributed by atoms with Gasteiger partial charge in [0, 0.05) is 23.0 Å². The third-order valence-corrected chi connectivity index (χ3v) is 6.18. The lowest BCUT2D eigenvalue weighted by molar-refractivity contribution is 0.246. The van der Waals surface area contributed by atoms with E-state index in [0.717, 1.165) is 42.8 Å². The summed E-state index contributed by atoms with van der Waals surface area (Å²) in [5, 5.41) is 1.82. The molecule has 7 heteroatoms. The van der Waals surface area contributed by atoms with E-state index in [9.17, 15) is 8.42 Å². The molecule has 1 saturated heterocycles. The van der Waals surface area contributed by atoms with Crippen LogP contribution in [0.5, 0.6) is 5.75 Å². The molecule has 0 bridgehead atoms. The fraction of sp³-hybridized carbons (Fsp3) is 0.333. The van der Waals surface area contributed by atoms with Crippen molar-refractivity contribution in [3.63, 3.8) is 0 Å². The summed E-state index contributed by atoms with van der Waals surface area (Å²) in [4.78, 5) is 2.33. The van der Waals surface area contributed by atoms with Crippen molar-refractivity contribution in [1.29, 1.82) is 0 Å². The molecule has 3 rings (SSSR count). The predicted molar refractivity (Wildman–Crippen MR) is 114 cm³/mol. The Labute approximate surface area is 172 Å². The minimum absolute atomic E-state index is 0.00730. The van der Waals surface area contributed by atoms with E-state index in [0.29, 0.717) is 11.6 Å². The van der Waals surface area contributed by atoms with Gasteiger partial charge in [0.15, 0.2) is 0 Å². The maximum absolute atomic E-state index is 12.5. The van der Waals surface area contributed by atoms with Gasteiger partial charge in [-0.05, 0) is 67.4 Å². The second-order valence-electron chi connectivity index (χ2n) is 6.78. The fourth-order valence-electron chi connectivity index (χ4n) is 3.32. The number of ether oxygens (including phenoxy) is 1. The van der Waals surface area contributed by atoms with E-state index in [1.807, 2.05) is 24.3 Å². The minimum Gasteiger partial charge on any atom is -0.497 e. The Kier molecular flexibility index (Phi) is 7.13. The highest BCUT2D eigenvalue weighted by molar-refractivity contribution is 7.92. The van der Waals surface area contributed by atoms with E-state index in [-0.39, 0.29) is 6.04 Å². The Morgan fingerprint density at radius 1 is 1.11 bits per heavy atom. The number of methoxy groups -OCH3 is 1. The third-order valence-electron chi connectivity index (χ3n) is 4.87. The number of rotatable bonds is 8. The molecule has 1 fully saturated rings. The van der Waals surface area contributed by atoms with Crippen LogP contribution in [0.1, 0.15) is 30.0 Å². The maximum Gasteiger partial charge on any atom is 0.233 e. The van der Waals surface area contributed by atoms with Gasteiger partial charge in [-0.2, -0.15) is 0 Å². The summed E-state index contributed by atoms with van der Waals surface area (Å²) in [6.45, 7) is 2.26. The minimum atomic E-state index is -3.55. The highest BCUT2D eigenvalue weighted by atomic mass is 35.5. The van der Waals surface area contributed by atoms with Crippen LogP contribution in [0.4, 0.5) is 0 Å². The molecule has 0 amide bonds. The van der Waals surface area contributed by atoms with Gasteiger partial charge in [0.2, 0.25) is 10.0 Å². The average Bonchev–Trinajstić information content (AvgIpc) is 3.23. The molecule has 0 saturated carbocycles. The van der Waals surface area contributed by atoms with E-state index >= 15 is 0 Å². The molecule has 150 valence electrons. The van der Waals surface area contributed by atoms with Crippen molar-refractivity contribution in [1.82, 2.24) is 9.62 Å². The van der Waals surface area contributed by atoms with Crippen LogP contribution in [0.15, 0.2) is 53.9 Å². The molecule has 0 aromatic heterocycles. The van der Waals surface area contributed by atoms with Crippen LogP contribution >= 0.6 is 11.6 Å². The number of sulfonamides is 1. The van der Waals surface area contributed by atoms with Crippen LogP contribution in [0.2, 0.25) is 5.02 Å². The first-order chi connectivity index (χ1) is 13.5. The SMILES string of the molecule is COc1ccc(C(CNS(=O)(=O)/C=C/c2ccc(Cl)cc2)N2CCCC2)cc1. The largest absolute Gasteiger partial charge is 0.497 e. The predicted octanol–water partition coefficient (Wildman–Crippen LogP) is 4.08. The highest BCUT2D eigenvalue weighted by Crippen LogP contribution is 2.26. The van der Waals surface area contributed by atoms with E-state index in [4.69, 9.17) is 16.3 Å². The Morgan fingerprint density at radius 3 is 2.36 bits per heavy atom. The topological polar surface area (TPSA) is 58.6 Å². The Balaban J connectivity index is 1.70. The van der Waals surface area contributed by atoms with Crippen LogP contribution in [-0.2, 0) is 10.0 Å². The highest BCUT2D eigenvalue weighted by Gasteiger charge is 2.24. The first kappa shape index (κ1) is 20.9. The third kappa shape index (κ3) is 5.82. The summed E-state index contributed by atoms with van der Waals surface area (Å²) in [7, 11) is -1.92. The average molecular weight is 421 g/mol. The molecule has 1 heterocycles. The zero-order valence-electron chi connectivity index (χ0n) is 15.8. The van der Waals surface area contributed by atoms with Crippen molar-refractivity contribution in [2.45, 2.75) is 18.9 Å². The first-order valence-electron chi connectivity index (χ1n) is 9.28. The van der Waals surface area contributed by atoms with Crippen molar-refractivity contribution in [2.24, 2.45) is 0 Å². The van der Waals surface area contributed by atoms with Gasteiger partial charge in [0.05, 0.1) is 7.11 Å². The van der Waals surface area contributed by atoms with Gasteiger partial charge >= 0.3 is 0 Å². The number of halogens is 1. The second-order valence-corrected chi connectivity index (χ2v) is 8.87. The van der Waals surface area contributed by atoms with Crippen LogP contribution in [0, 0.1) is 0 Å². The Bertz CT molecular complexity index is 890. The summed E-state index contributed by atoms with van der Waals surface area (Å²) >= 11 is 5.86. The molecular weight excluding hydrogens is 396 g/mol. The fourth-order valence-corrected chi connectivity index (χ4v) is 4.27. The van der Waals surface area contributed by atoms with Crippen LogP contribution < -0.4 is 9.46 Å². The number of hydrogen-bond acceptors (Lipinski definition) is 4. The van der Waals surface area contributed by atoms with Crippen molar-refractivity contribution in [3.8, 4) is 5.75 Å². The monoisotopic (exact) mass is 420 g/mol. The van der Waals surface area contributed by atoms with Gasteiger partial charge in [-0.1, -0.05) is 35.9 Å². The normalized spacial score (nSPS) is 16.5. The van der Waals surface area contributed by atoms with E-state index in [1.165, 1.54) is 5.41 Å². The Morgan fingerprint density at radius 2 is 1.75 bits per heavy atom. The van der Waals surface area contributed by atoms with Gasteiger partial charge in [0.25, 0.3) is 0 Å². The molecule has 0 spiro atoms. The summed E-state index contributed by atoms with van der Waals surface area (Å²) < 4.78 is 32.9. The number of nitrogens with zero attached hydrogens (tertiary/aromatic N) is 1. The van der Waals surface area contributed by atoms with Crippen molar-refractivity contribution >= 4 is 27.7 Å². The van der Waals surface area contributed by atoms with Gasteiger partial charge in [0.1, 0.15) is 5.75 Å². The Hall–Kier alpha value is -1.86. The van der Waals surface area contributed by atoms with E-state index in [1.54, 1.807) is 37.5 Å². The van der Waals surface area contributed by atoms with Gasteiger partial charge in [-0.25, -0.2) is 13.1 Å². The second kappa shape index (κ2) is 9.56. The summed E-state index contributed by atoms with van der Waals surface area (Å²) in [5.41, 5.74) is 1.85. The smallest absolute Gasteiger partial charge is 0.233 e. The lowest BCUT2D eigenvalue weighted by Gasteiger charge is -2.28. The van der Waals surface area contributed by atoms with E-state index in [2.05, 4.69) is 9.62 Å². The molecule has 5 nitrogen and oxygen atoms in total. The molecule has 1 atom stereocenters. The molecule has 0 radical (unpaired) electrons. The van der Waals surface area contributed by atoms with Gasteiger partial charge < -0.3 is 4.74 Å². The van der Waals surface area contributed by atoms with Crippen molar-refractivity contribution in [2.75, 3.05) is 26.7 Å². The lowest BCUT2D eigenvalue weighted by Crippen LogP contribution is -2.36. The number of benzene rings is 2. The molecule has 2 aromatic carbocycles. The molecule has 28 heavy (non-hydrogen) atoms. The van der Waals surface area contributed by atoms with Crippen LogP contribution in [0.3, 0.4) is 0 Å². The summed E-state index contributed by atoms with van der Waals surface area (Å²) in [5.74, 6) is 0.787. The standard InChI is InChI=1S/C21H25ClN2O3S/c1-27-20-10-6-18(7-11-20)21(24-13-2-3-14-24)16-23-28(25,26)15-12-17-4-8-19(22)9-5-17/h4-12,15,21,23H,2-3,13-14,16H2,1H3/b15-12+. The number of likely N-dealkylation sites (tertiary alicyclic amines) is 1. The summed E-state index contributed by atoms with van der Waals surface area (Å²) in [6, 6.07) is 14.8. The maximum atomic E-state index is 12.5. The molecule has 2 aromatic rings. The molecular formula is C21H25ClN2O3S. The quantitative estimate of drug-likeness (QED) is 0.699. The molecule has 1 aliphatic heterocycles. The van der Waals surface area contributed by atoms with Crippen LogP contribution in [0.25, 0.3) is 6.08 Å². The van der Waals surface area contributed by atoms with E-state index < -0.39 is 10.0 Å². The molecule has 1 N–H and O–H groups in total. The number of nitrogens with one attached hydrogen (secondary N) is 1. The zero-order valence-corrected chi connectivity index (χ0v) is 17.4.